The largest absolute Gasteiger partial charge is 0.316 e. The average molecular weight is 483 g/mol. The second-order valence-electron chi connectivity index (χ2n) is 14.1. The zero-order valence-corrected chi connectivity index (χ0v) is 25.6. The van der Waals surface area contributed by atoms with Gasteiger partial charge in [-0.1, -0.05) is 0 Å². The number of hydrogen-bond acceptors (Lipinski definition) is 6. The first-order chi connectivity index (χ1) is 15.4. The lowest BCUT2D eigenvalue weighted by molar-refractivity contribution is -0.00401. The summed E-state index contributed by atoms with van der Waals surface area (Å²) in [6.07, 6.45) is 2.62. The fraction of sp³-hybridized carbons (Fsp3) is 1.00. The van der Waals surface area contributed by atoms with Crippen LogP contribution in [0.25, 0.3) is 0 Å². The molecule has 34 heavy (non-hydrogen) atoms. The molecule has 6 heteroatoms. The minimum atomic E-state index is 0.352. The number of rotatable bonds is 3. The molecule has 3 fully saturated rings. The maximum absolute atomic E-state index is 3.32. The maximum Gasteiger partial charge on any atom is 0.0344 e. The van der Waals surface area contributed by atoms with Crippen LogP contribution in [0.15, 0.2) is 0 Å². The zero-order valence-electron chi connectivity index (χ0n) is 25.6. The minimum absolute atomic E-state index is 0.352. The molecule has 3 aliphatic rings. The van der Waals surface area contributed by atoms with E-state index in [9.17, 15) is 0 Å². The molecule has 0 saturated carbocycles. The van der Waals surface area contributed by atoms with E-state index in [1.807, 2.05) is 0 Å². The van der Waals surface area contributed by atoms with E-state index in [4.69, 9.17) is 0 Å². The molecule has 3 saturated heterocycles. The second kappa shape index (κ2) is 12.8. The van der Waals surface area contributed by atoms with E-state index in [1.54, 1.807) is 0 Å². The van der Waals surface area contributed by atoms with Gasteiger partial charge in [-0.25, -0.2) is 0 Å². The molecule has 0 radical (unpaired) electrons. The molecule has 1 N–H and O–H groups in total. The van der Waals surface area contributed by atoms with Crippen molar-refractivity contribution >= 4 is 0 Å². The summed E-state index contributed by atoms with van der Waals surface area (Å²) in [5.41, 5.74) is 1.07. The van der Waals surface area contributed by atoms with Crippen molar-refractivity contribution in [3.8, 4) is 0 Å². The highest BCUT2D eigenvalue weighted by Gasteiger charge is 2.35. The molecule has 0 amide bonds. The van der Waals surface area contributed by atoms with Crippen molar-refractivity contribution in [3.05, 3.63) is 0 Å². The summed E-state index contributed by atoms with van der Waals surface area (Å²) in [4.78, 5) is 12.3. The van der Waals surface area contributed by atoms with Crippen molar-refractivity contribution < 1.29 is 0 Å². The molecule has 3 rings (SSSR count). The Morgan fingerprint density at radius 2 is 0.941 bits per heavy atom. The molecule has 6 nitrogen and oxygen atoms in total. The fourth-order valence-electron chi connectivity index (χ4n) is 4.71. The topological polar surface area (TPSA) is 28.2 Å². The standard InChI is InChI=1S/C10H22N2.2C9H20N2/c1-10(2,3)12-7-6-9(8-12)11(4)5;1-9(2,3)11-6-8(7-11)10(4)5;1-9(2,3)11-6-5-8(7-11)10-4/h9H,6-8H2,1-5H3;8H,6-7H2,1-5H3;8,10H,5-7H2,1-4H3/t9-;;8-/m1.1/s1. The van der Waals surface area contributed by atoms with Crippen LogP contribution in [0.3, 0.4) is 0 Å². The smallest absolute Gasteiger partial charge is 0.0344 e. The summed E-state index contributed by atoms with van der Waals surface area (Å²) >= 11 is 0. The van der Waals surface area contributed by atoms with Gasteiger partial charge in [0.05, 0.1) is 0 Å². The van der Waals surface area contributed by atoms with Gasteiger partial charge in [-0.15, -0.1) is 0 Å². The minimum Gasteiger partial charge on any atom is -0.316 e. The Bertz CT molecular complexity index is 563. The number of hydrogen-bond donors (Lipinski definition) is 1. The van der Waals surface area contributed by atoms with Crippen molar-refractivity contribution in [2.75, 3.05) is 74.5 Å². The molecule has 0 aromatic rings. The Kier molecular flexibility index (Phi) is 12.0. The lowest BCUT2D eigenvalue weighted by atomic mass is 9.97. The molecule has 0 spiro atoms. The molecular formula is C28H62N6. The number of nitrogens with one attached hydrogen (secondary N) is 1. The Balaban J connectivity index is 0.000000255. The third kappa shape index (κ3) is 10.4. The quantitative estimate of drug-likeness (QED) is 0.662. The fourth-order valence-corrected chi connectivity index (χ4v) is 4.71. The van der Waals surface area contributed by atoms with E-state index in [2.05, 4.69) is 127 Å². The molecule has 0 aromatic carbocycles. The zero-order chi connectivity index (χ0) is 26.5. The van der Waals surface area contributed by atoms with Gasteiger partial charge in [0, 0.05) is 74.0 Å². The molecule has 0 aromatic heterocycles. The summed E-state index contributed by atoms with van der Waals surface area (Å²) < 4.78 is 0. The van der Waals surface area contributed by atoms with Crippen LogP contribution in [0.4, 0.5) is 0 Å². The highest BCUT2D eigenvalue weighted by atomic mass is 15.3. The summed E-state index contributed by atoms with van der Waals surface area (Å²) in [6, 6.07) is 2.27. The van der Waals surface area contributed by atoms with E-state index in [1.165, 1.54) is 52.1 Å². The number of nitrogens with zero attached hydrogens (tertiary/aromatic N) is 5. The van der Waals surface area contributed by atoms with Gasteiger partial charge in [0.15, 0.2) is 0 Å². The molecule has 204 valence electrons. The van der Waals surface area contributed by atoms with Gasteiger partial charge in [-0.3, -0.25) is 14.7 Å². The highest BCUT2D eigenvalue weighted by Crippen LogP contribution is 2.23. The summed E-state index contributed by atoms with van der Waals surface area (Å²) in [6.45, 7) is 28.0. The van der Waals surface area contributed by atoms with E-state index in [0.29, 0.717) is 22.7 Å². The first-order valence-electron chi connectivity index (χ1n) is 13.6. The Morgan fingerprint density at radius 1 is 0.559 bits per heavy atom. The summed E-state index contributed by atoms with van der Waals surface area (Å²) in [5.74, 6) is 0. The van der Waals surface area contributed by atoms with Crippen LogP contribution in [0, 0.1) is 0 Å². The first kappa shape index (κ1) is 31.8. The third-order valence-electron chi connectivity index (χ3n) is 7.93. The van der Waals surface area contributed by atoms with Crippen molar-refractivity contribution in [1.82, 2.24) is 29.8 Å². The molecule has 2 atom stereocenters. The SMILES string of the molecule is CN(C)C1CN(C(C)(C)C)C1.CN(C)[C@@H]1CCN(C(C)(C)C)C1.CN[C@@H]1CCN(C(C)(C)C)C1. The van der Waals surface area contributed by atoms with Crippen LogP contribution < -0.4 is 5.32 Å². The van der Waals surface area contributed by atoms with Gasteiger partial charge in [0.25, 0.3) is 0 Å². The van der Waals surface area contributed by atoms with E-state index >= 15 is 0 Å². The van der Waals surface area contributed by atoms with Gasteiger partial charge in [0.1, 0.15) is 0 Å². The highest BCUT2D eigenvalue weighted by molar-refractivity contribution is 4.92. The van der Waals surface area contributed by atoms with Gasteiger partial charge in [0.2, 0.25) is 0 Å². The Labute approximate surface area is 214 Å². The van der Waals surface area contributed by atoms with Crippen LogP contribution in [0.2, 0.25) is 0 Å². The molecule has 3 heterocycles. The van der Waals surface area contributed by atoms with E-state index < -0.39 is 0 Å². The van der Waals surface area contributed by atoms with Crippen LogP contribution in [0.5, 0.6) is 0 Å². The lowest BCUT2D eigenvalue weighted by Crippen LogP contribution is -2.63. The van der Waals surface area contributed by atoms with Gasteiger partial charge in [-0.2, -0.15) is 0 Å². The number of likely N-dealkylation sites (tertiary alicyclic amines) is 3. The van der Waals surface area contributed by atoms with Crippen LogP contribution in [-0.4, -0.2) is 134 Å². The third-order valence-corrected chi connectivity index (χ3v) is 7.93. The molecule has 0 bridgehead atoms. The second-order valence-corrected chi connectivity index (χ2v) is 14.1. The molecular weight excluding hydrogens is 420 g/mol. The van der Waals surface area contributed by atoms with Crippen molar-refractivity contribution in [3.63, 3.8) is 0 Å². The first-order valence-corrected chi connectivity index (χ1v) is 13.6. The van der Waals surface area contributed by atoms with Crippen LogP contribution in [0.1, 0.15) is 75.2 Å². The van der Waals surface area contributed by atoms with Gasteiger partial charge < -0.3 is 15.1 Å². The van der Waals surface area contributed by atoms with E-state index in [-0.39, 0.29) is 0 Å². The molecule has 0 aliphatic carbocycles. The van der Waals surface area contributed by atoms with Crippen LogP contribution >= 0.6 is 0 Å². The average Bonchev–Trinajstić information content (AvgIpc) is 3.29. The molecule has 3 aliphatic heterocycles. The lowest BCUT2D eigenvalue weighted by Gasteiger charge is -2.49. The summed E-state index contributed by atoms with van der Waals surface area (Å²) in [5, 5.41) is 3.32. The Hall–Kier alpha value is -0.240. The van der Waals surface area contributed by atoms with Crippen molar-refractivity contribution in [2.24, 2.45) is 0 Å². The van der Waals surface area contributed by atoms with Gasteiger partial charge in [-0.05, 0) is 110 Å². The maximum atomic E-state index is 3.32. The Morgan fingerprint density at radius 3 is 1.21 bits per heavy atom. The summed E-state index contributed by atoms with van der Waals surface area (Å²) in [7, 11) is 10.7. The molecule has 0 unspecified atom stereocenters. The van der Waals surface area contributed by atoms with Crippen molar-refractivity contribution in [1.29, 1.82) is 0 Å². The van der Waals surface area contributed by atoms with Crippen molar-refractivity contribution in [2.45, 2.75) is 110 Å². The number of likely N-dealkylation sites (N-methyl/N-ethyl adjacent to an activating group) is 3. The predicted octanol–water partition coefficient (Wildman–Crippen LogP) is 3.53. The van der Waals surface area contributed by atoms with Crippen LogP contribution in [-0.2, 0) is 0 Å². The van der Waals surface area contributed by atoms with E-state index in [0.717, 1.165) is 12.1 Å². The monoisotopic (exact) mass is 483 g/mol. The predicted molar refractivity (Wildman–Crippen MR) is 151 cm³/mol. The normalized spacial score (nSPS) is 25.8. The van der Waals surface area contributed by atoms with Gasteiger partial charge >= 0.3 is 0 Å².